The van der Waals surface area contributed by atoms with E-state index >= 15 is 0 Å². The van der Waals surface area contributed by atoms with Crippen LogP contribution >= 0.6 is 0 Å². The summed E-state index contributed by atoms with van der Waals surface area (Å²) in [6, 6.07) is 10.3. The van der Waals surface area contributed by atoms with Crippen LogP contribution in [0, 0.1) is 0 Å². The molecule has 0 saturated carbocycles. The highest BCUT2D eigenvalue weighted by atomic mass is 16.2. The molecule has 0 aromatic heterocycles. The molecule has 0 fully saturated rings. The molecule has 1 aromatic carbocycles. The van der Waals surface area contributed by atoms with Gasteiger partial charge in [-0.05, 0) is 24.3 Å². The summed E-state index contributed by atoms with van der Waals surface area (Å²) >= 11 is 0. The maximum atomic E-state index is 10.3. The molecule has 0 spiro atoms. The second-order valence-corrected chi connectivity index (χ2v) is 3.16. The van der Waals surface area contributed by atoms with E-state index < -0.39 is 0 Å². The minimum Gasteiger partial charge on any atom is -0.237 e. The third-order valence-corrected chi connectivity index (χ3v) is 2.15. The fourth-order valence-electron chi connectivity index (χ4n) is 1.34. The molecule has 1 heteroatoms. The molecule has 0 aliphatic carbocycles. The Labute approximate surface area is 74.1 Å². The van der Waals surface area contributed by atoms with Gasteiger partial charge in [-0.2, -0.15) is 0 Å². The van der Waals surface area contributed by atoms with Crippen LogP contribution in [0.3, 0.4) is 0 Å². The zero-order chi connectivity index (χ0) is 8.81. The van der Waals surface area contributed by atoms with Crippen molar-refractivity contribution in [3.05, 3.63) is 35.9 Å². The highest BCUT2D eigenvalue weighted by Gasteiger charge is 2.02. The Kier molecular flexibility index (Phi) is 3.81. The first-order chi connectivity index (χ1) is 5.84. The van der Waals surface area contributed by atoms with E-state index in [-0.39, 0.29) is 6.61 Å². The predicted molar refractivity (Wildman–Crippen MR) is 49.6 cm³/mol. The van der Waals surface area contributed by atoms with Crippen molar-refractivity contribution in [3.63, 3.8) is 0 Å². The molecule has 65 valence electrons. The van der Waals surface area contributed by atoms with Crippen LogP contribution in [0.1, 0.15) is 31.2 Å². The third kappa shape index (κ3) is 2.67. The summed E-state index contributed by atoms with van der Waals surface area (Å²) in [5, 5.41) is 10.3. The molecule has 0 aliphatic heterocycles. The fourth-order valence-corrected chi connectivity index (χ4v) is 1.34. The van der Waals surface area contributed by atoms with Crippen molar-refractivity contribution < 1.29 is 5.11 Å². The van der Waals surface area contributed by atoms with Crippen molar-refractivity contribution >= 4 is 0 Å². The molecule has 12 heavy (non-hydrogen) atoms. The molecular formula is C11H15O. The molecule has 0 heterocycles. The topological polar surface area (TPSA) is 19.9 Å². The van der Waals surface area contributed by atoms with E-state index in [0.29, 0.717) is 5.92 Å². The van der Waals surface area contributed by atoms with Gasteiger partial charge in [-0.25, -0.2) is 5.11 Å². The Morgan fingerprint density at radius 3 is 2.50 bits per heavy atom. The van der Waals surface area contributed by atoms with Crippen LogP contribution in [0.2, 0.25) is 0 Å². The Balaban J connectivity index is 2.48. The maximum Gasteiger partial charge on any atom is 0.0822 e. The minimum atomic E-state index is 0.0528. The number of hydrogen-bond acceptors (Lipinski definition) is 0. The van der Waals surface area contributed by atoms with Crippen molar-refractivity contribution in [1.29, 1.82) is 0 Å². The normalized spacial score (nSPS) is 12.8. The second-order valence-electron chi connectivity index (χ2n) is 3.16. The van der Waals surface area contributed by atoms with Crippen molar-refractivity contribution in [2.75, 3.05) is 6.61 Å². The lowest BCUT2D eigenvalue weighted by Gasteiger charge is -2.09. The Morgan fingerprint density at radius 1 is 1.25 bits per heavy atom. The fraction of sp³-hybridized carbons (Fsp3) is 0.455. The van der Waals surface area contributed by atoms with Gasteiger partial charge in [0.1, 0.15) is 0 Å². The number of rotatable bonds is 4. The number of hydrogen-bond donors (Lipinski definition) is 0. The zero-order valence-corrected chi connectivity index (χ0v) is 7.49. The highest BCUT2D eigenvalue weighted by molar-refractivity contribution is 5.18. The van der Waals surface area contributed by atoms with Gasteiger partial charge in [0.2, 0.25) is 0 Å². The van der Waals surface area contributed by atoms with Crippen LogP contribution < -0.4 is 0 Å². The van der Waals surface area contributed by atoms with Gasteiger partial charge in [0.15, 0.2) is 0 Å². The Morgan fingerprint density at radius 2 is 1.92 bits per heavy atom. The van der Waals surface area contributed by atoms with Crippen LogP contribution in [0.5, 0.6) is 0 Å². The Hall–Kier alpha value is -0.820. The van der Waals surface area contributed by atoms with E-state index in [1.807, 2.05) is 18.2 Å². The van der Waals surface area contributed by atoms with E-state index in [0.717, 1.165) is 12.8 Å². The van der Waals surface area contributed by atoms with Gasteiger partial charge in [0, 0.05) is 0 Å². The highest BCUT2D eigenvalue weighted by Crippen LogP contribution is 2.19. The van der Waals surface area contributed by atoms with Gasteiger partial charge in [-0.3, -0.25) is 0 Å². The predicted octanol–water partition coefficient (Wildman–Crippen LogP) is 3.00. The first-order valence-electron chi connectivity index (χ1n) is 4.47. The molecule has 0 bridgehead atoms. The monoisotopic (exact) mass is 163 g/mol. The smallest absolute Gasteiger partial charge is 0.0822 e. The summed E-state index contributed by atoms with van der Waals surface area (Å²) < 4.78 is 0. The molecule has 1 radical (unpaired) electrons. The maximum absolute atomic E-state index is 10.3. The van der Waals surface area contributed by atoms with Gasteiger partial charge in [-0.15, -0.1) is 0 Å². The third-order valence-electron chi connectivity index (χ3n) is 2.15. The molecule has 1 unspecified atom stereocenters. The first-order valence-corrected chi connectivity index (χ1v) is 4.47. The molecule has 0 aliphatic rings. The van der Waals surface area contributed by atoms with Crippen LogP contribution in [0.4, 0.5) is 0 Å². The van der Waals surface area contributed by atoms with Crippen molar-refractivity contribution in [1.82, 2.24) is 0 Å². The quantitative estimate of drug-likeness (QED) is 0.650. The van der Waals surface area contributed by atoms with Crippen LogP contribution in [0.25, 0.3) is 0 Å². The minimum absolute atomic E-state index is 0.0528. The summed E-state index contributed by atoms with van der Waals surface area (Å²) in [5.74, 6) is 0.528. The van der Waals surface area contributed by atoms with Crippen LogP contribution in [0.15, 0.2) is 30.3 Å². The van der Waals surface area contributed by atoms with Crippen LogP contribution in [-0.4, -0.2) is 6.61 Å². The molecule has 1 rings (SSSR count). The number of benzene rings is 1. The molecule has 0 N–H and O–H groups in total. The average molecular weight is 163 g/mol. The standard InChI is InChI=1S/C11H15O/c1-10(6-5-9-12)11-7-3-2-4-8-11/h2-4,7-8,10H,5-6,9H2,1H3. The molecule has 1 aromatic rings. The summed E-state index contributed by atoms with van der Waals surface area (Å²) in [4.78, 5) is 0. The summed E-state index contributed by atoms with van der Waals surface area (Å²) in [5.41, 5.74) is 1.34. The SMILES string of the molecule is CC(CCC[O])c1ccccc1. The molecular weight excluding hydrogens is 148 g/mol. The van der Waals surface area contributed by atoms with E-state index in [2.05, 4.69) is 19.1 Å². The summed E-state index contributed by atoms with van der Waals surface area (Å²) in [6.07, 6.45) is 1.80. The van der Waals surface area contributed by atoms with E-state index in [1.54, 1.807) is 0 Å². The molecule has 0 amide bonds. The molecule has 0 saturated heterocycles. The zero-order valence-electron chi connectivity index (χ0n) is 7.49. The Bertz CT molecular complexity index is 206. The molecule has 1 atom stereocenters. The van der Waals surface area contributed by atoms with Gasteiger partial charge in [0.05, 0.1) is 6.61 Å². The lowest BCUT2D eigenvalue weighted by atomic mass is 9.97. The van der Waals surface area contributed by atoms with Crippen molar-refractivity contribution in [3.8, 4) is 0 Å². The second kappa shape index (κ2) is 4.94. The van der Waals surface area contributed by atoms with E-state index in [1.165, 1.54) is 5.56 Å². The first kappa shape index (κ1) is 9.27. The summed E-state index contributed by atoms with van der Waals surface area (Å²) in [7, 11) is 0. The van der Waals surface area contributed by atoms with Crippen molar-refractivity contribution in [2.45, 2.75) is 25.7 Å². The van der Waals surface area contributed by atoms with E-state index in [4.69, 9.17) is 0 Å². The van der Waals surface area contributed by atoms with Gasteiger partial charge < -0.3 is 0 Å². The van der Waals surface area contributed by atoms with Gasteiger partial charge >= 0.3 is 0 Å². The lowest BCUT2D eigenvalue weighted by Crippen LogP contribution is -1.94. The van der Waals surface area contributed by atoms with Gasteiger partial charge in [-0.1, -0.05) is 37.3 Å². The molecule has 1 nitrogen and oxygen atoms in total. The average Bonchev–Trinajstić information content (AvgIpc) is 2.15. The summed E-state index contributed by atoms with van der Waals surface area (Å²) in [6.45, 7) is 2.22. The lowest BCUT2D eigenvalue weighted by molar-refractivity contribution is 0.185. The van der Waals surface area contributed by atoms with E-state index in [9.17, 15) is 5.11 Å². The van der Waals surface area contributed by atoms with Gasteiger partial charge in [0.25, 0.3) is 0 Å². The van der Waals surface area contributed by atoms with Crippen LogP contribution in [-0.2, 0) is 5.11 Å². The van der Waals surface area contributed by atoms with Crippen molar-refractivity contribution in [2.24, 2.45) is 0 Å². The largest absolute Gasteiger partial charge is 0.237 e.